The molecule has 1 saturated heterocycles. The van der Waals surface area contributed by atoms with Gasteiger partial charge in [-0.1, -0.05) is 18.2 Å². The van der Waals surface area contributed by atoms with Gasteiger partial charge in [0.25, 0.3) is 0 Å². The highest BCUT2D eigenvalue weighted by Gasteiger charge is 2.21. The van der Waals surface area contributed by atoms with E-state index in [1.807, 2.05) is 37.0 Å². The van der Waals surface area contributed by atoms with E-state index >= 15 is 0 Å². The molecular formula is C18H24FN3O. The lowest BCUT2D eigenvalue weighted by molar-refractivity contribution is 0.0674. The van der Waals surface area contributed by atoms with E-state index in [9.17, 15) is 4.39 Å². The number of nitrogens with zero attached hydrogens (tertiary/aromatic N) is 3. The minimum absolute atomic E-state index is 0.146. The smallest absolute Gasteiger partial charge is 0.127 e. The fourth-order valence-electron chi connectivity index (χ4n) is 3.17. The van der Waals surface area contributed by atoms with Gasteiger partial charge >= 0.3 is 0 Å². The molecule has 5 heteroatoms. The van der Waals surface area contributed by atoms with Gasteiger partial charge in [-0.15, -0.1) is 0 Å². The first kappa shape index (κ1) is 16.1. The Morgan fingerprint density at radius 2 is 2.09 bits per heavy atom. The summed E-state index contributed by atoms with van der Waals surface area (Å²) in [7, 11) is 1.93. The van der Waals surface area contributed by atoms with Gasteiger partial charge in [0.05, 0.1) is 11.8 Å². The maximum Gasteiger partial charge on any atom is 0.127 e. The SMILES string of the molecule is Cc1nn(C)cc1CN(Cc1ccccc1F)CC1CCCO1. The summed E-state index contributed by atoms with van der Waals surface area (Å²) in [5.74, 6) is -0.146. The fourth-order valence-corrected chi connectivity index (χ4v) is 3.17. The van der Waals surface area contributed by atoms with E-state index in [0.717, 1.165) is 43.8 Å². The zero-order valence-corrected chi connectivity index (χ0v) is 13.8. The van der Waals surface area contributed by atoms with Gasteiger partial charge in [-0.2, -0.15) is 5.10 Å². The predicted octanol–water partition coefficient (Wildman–Crippen LogP) is 3.05. The number of ether oxygens (including phenoxy) is 1. The summed E-state index contributed by atoms with van der Waals surface area (Å²) >= 11 is 0. The maximum absolute atomic E-state index is 14.0. The van der Waals surface area contributed by atoms with E-state index in [1.54, 1.807) is 6.07 Å². The number of rotatable bonds is 6. The maximum atomic E-state index is 14.0. The molecule has 2 aromatic rings. The second-order valence-electron chi connectivity index (χ2n) is 6.31. The van der Waals surface area contributed by atoms with Gasteiger partial charge in [0, 0.05) is 50.6 Å². The molecule has 0 aliphatic carbocycles. The van der Waals surface area contributed by atoms with E-state index in [0.29, 0.717) is 6.54 Å². The average molecular weight is 317 g/mol. The van der Waals surface area contributed by atoms with Gasteiger partial charge in [0.1, 0.15) is 5.82 Å². The lowest BCUT2D eigenvalue weighted by Gasteiger charge is -2.25. The van der Waals surface area contributed by atoms with Crippen molar-refractivity contribution >= 4 is 0 Å². The van der Waals surface area contributed by atoms with Crippen molar-refractivity contribution in [3.05, 3.63) is 53.1 Å². The number of benzene rings is 1. The number of aromatic nitrogens is 2. The quantitative estimate of drug-likeness (QED) is 0.820. The van der Waals surface area contributed by atoms with Gasteiger partial charge in [0.2, 0.25) is 0 Å². The molecular weight excluding hydrogens is 293 g/mol. The third-order valence-electron chi connectivity index (χ3n) is 4.35. The van der Waals surface area contributed by atoms with Gasteiger partial charge < -0.3 is 4.74 Å². The Hall–Kier alpha value is -1.72. The molecule has 1 aromatic heterocycles. The highest BCUT2D eigenvalue weighted by molar-refractivity contribution is 5.19. The van der Waals surface area contributed by atoms with Gasteiger partial charge in [-0.05, 0) is 25.8 Å². The topological polar surface area (TPSA) is 30.3 Å². The van der Waals surface area contributed by atoms with Crippen LogP contribution in [0.3, 0.4) is 0 Å². The summed E-state index contributed by atoms with van der Waals surface area (Å²) in [6, 6.07) is 7.00. The molecule has 124 valence electrons. The molecule has 0 radical (unpaired) electrons. The Morgan fingerprint density at radius 3 is 2.74 bits per heavy atom. The largest absolute Gasteiger partial charge is 0.377 e. The molecule has 2 heterocycles. The molecule has 1 aromatic carbocycles. The van der Waals surface area contributed by atoms with Crippen LogP contribution in [0.15, 0.2) is 30.5 Å². The molecule has 0 amide bonds. The first-order chi connectivity index (χ1) is 11.1. The third kappa shape index (κ3) is 4.18. The average Bonchev–Trinajstić information content (AvgIpc) is 3.12. The molecule has 1 fully saturated rings. The van der Waals surface area contributed by atoms with Crippen molar-refractivity contribution in [2.24, 2.45) is 7.05 Å². The Bertz CT molecular complexity index is 649. The summed E-state index contributed by atoms with van der Waals surface area (Å²) in [5.41, 5.74) is 2.94. The minimum Gasteiger partial charge on any atom is -0.377 e. The van der Waals surface area contributed by atoms with Crippen molar-refractivity contribution in [2.75, 3.05) is 13.2 Å². The first-order valence-electron chi connectivity index (χ1n) is 8.18. The zero-order chi connectivity index (χ0) is 16.2. The molecule has 3 rings (SSSR count). The van der Waals surface area contributed by atoms with E-state index < -0.39 is 0 Å². The van der Waals surface area contributed by atoms with Crippen molar-refractivity contribution in [3.8, 4) is 0 Å². The van der Waals surface area contributed by atoms with Crippen molar-refractivity contribution in [1.82, 2.24) is 14.7 Å². The van der Waals surface area contributed by atoms with Gasteiger partial charge in [-0.3, -0.25) is 9.58 Å². The lowest BCUT2D eigenvalue weighted by atomic mass is 10.1. The number of halogens is 1. The zero-order valence-electron chi connectivity index (χ0n) is 13.8. The van der Waals surface area contributed by atoms with Crippen LogP contribution in [0, 0.1) is 12.7 Å². The normalized spacial score (nSPS) is 18.0. The van der Waals surface area contributed by atoms with Crippen molar-refractivity contribution in [2.45, 2.75) is 39.0 Å². The molecule has 1 unspecified atom stereocenters. The molecule has 0 saturated carbocycles. The number of aryl methyl sites for hydroxylation is 2. The van der Waals surface area contributed by atoms with E-state index in [4.69, 9.17) is 4.74 Å². The van der Waals surface area contributed by atoms with Crippen LogP contribution in [-0.4, -0.2) is 33.9 Å². The van der Waals surface area contributed by atoms with Crippen LogP contribution in [0.4, 0.5) is 4.39 Å². The molecule has 0 bridgehead atoms. The second-order valence-corrected chi connectivity index (χ2v) is 6.31. The Balaban J connectivity index is 1.75. The summed E-state index contributed by atoms with van der Waals surface area (Å²) in [5, 5.41) is 4.41. The van der Waals surface area contributed by atoms with Crippen molar-refractivity contribution in [3.63, 3.8) is 0 Å². The summed E-state index contributed by atoms with van der Waals surface area (Å²) in [4.78, 5) is 2.26. The Labute approximate surface area is 136 Å². The second kappa shape index (κ2) is 7.23. The Morgan fingerprint density at radius 1 is 1.30 bits per heavy atom. The minimum atomic E-state index is -0.146. The van der Waals surface area contributed by atoms with Crippen LogP contribution in [0.5, 0.6) is 0 Å². The highest BCUT2D eigenvalue weighted by Crippen LogP contribution is 2.19. The molecule has 4 nitrogen and oxygen atoms in total. The summed E-state index contributed by atoms with van der Waals surface area (Å²) < 4.78 is 21.6. The summed E-state index contributed by atoms with van der Waals surface area (Å²) in [6.45, 7) is 5.02. The van der Waals surface area contributed by atoms with Crippen LogP contribution in [0.1, 0.15) is 29.7 Å². The monoisotopic (exact) mass is 317 g/mol. The number of hydrogen-bond acceptors (Lipinski definition) is 3. The molecule has 1 aliphatic heterocycles. The fraction of sp³-hybridized carbons (Fsp3) is 0.500. The molecule has 23 heavy (non-hydrogen) atoms. The Kier molecular flexibility index (Phi) is 5.08. The van der Waals surface area contributed by atoms with E-state index in [1.165, 1.54) is 11.6 Å². The van der Waals surface area contributed by atoms with Crippen molar-refractivity contribution < 1.29 is 9.13 Å². The third-order valence-corrected chi connectivity index (χ3v) is 4.35. The molecule has 0 spiro atoms. The molecule has 1 aliphatic rings. The van der Waals surface area contributed by atoms with Crippen LogP contribution in [0.25, 0.3) is 0 Å². The van der Waals surface area contributed by atoms with Gasteiger partial charge in [-0.25, -0.2) is 4.39 Å². The van der Waals surface area contributed by atoms with E-state index in [-0.39, 0.29) is 11.9 Å². The van der Waals surface area contributed by atoms with Crippen LogP contribution < -0.4 is 0 Å². The predicted molar refractivity (Wildman–Crippen MR) is 87.4 cm³/mol. The summed E-state index contributed by atoms with van der Waals surface area (Å²) in [6.07, 6.45) is 4.49. The van der Waals surface area contributed by atoms with Crippen LogP contribution in [-0.2, 0) is 24.9 Å². The van der Waals surface area contributed by atoms with E-state index in [2.05, 4.69) is 10.00 Å². The highest BCUT2D eigenvalue weighted by atomic mass is 19.1. The first-order valence-corrected chi connectivity index (χ1v) is 8.18. The lowest BCUT2D eigenvalue weighted by Crippen LogP contribution is -2.31. The van der Waals surface area contributed by atoms with Gasteiger partial charge in [0.15, 0.2) is 0 Å². The molecule has 0 N–H and O–H groups in total. The standard InChI is InChI=1S/C18H24FN3O/c1-14-16(10-21(2)20-14)12-22(13-17-7-5-9-23-17)11-15-6-3-4-8-18(15)19/h3-4,6,8,10,17H,5,7,9,11-13H2,1-2H3. The number of hydrogen-bond donors (Lipinski definition) is 0. The molecule has 1 atom stereocenters. The van der Waals surface area contributed by atoms with Crippen LogP contribution >= 0.6 is 0 Å². The van der Waals surface area contributed by atoms with Crippen LogP contribution in [0.2, 0.25) is 0 Å². The van der Waals surface area contributed by atoms with Crippen molar-refractivity contribution in [1.29, 1.82) is 0 Å².